The van der Waals surface area contributed by atoms with Crippen LogP contribution in [-0.2, 0) is 19.1 Å². The Bertz CT molecular complexity index is 979. The average molecular weight is 414 g/mol. The van der Waals surface area contributed by atoms with E-state index in [-0.39, 0.29) is 24.5 Å². The van der Waals surface area contributed by atoms with E-state index in [1.807, 2.05) is 13.0 Å². The Morgan fingerprint density at radius 3 is 2.52 bits per heavy atom. The van der Waals surface area contributed by atoms with Gasteiger partial charge >= 0.3 is 5.97 Å². The summed E-state index contributed by atoms with van der Waals surface area (Å²) in [6.45, 7) is 4.65. The van der Waals surface area contributed by atoms with E-state index < -0.39 is 24.0 Å². The van der Waals surface area contributed by atoms with Crippen LogP contribution in [0.25, 0.3) is 0 Å². The van der Waals surface area contributed by atoms with Crippen molar-refractivity contribution in [1.82, 2.24) is 0 Å². The van der Waals surface area contributed by atoms with Gasteiger partial charge in [-0.1, -0.05) is 12.1 Å². The molecule has 0 bridgehead atoms. The first kappa shape index (κ1) is 20.7. The number of benzene rings is 1. The van der Waals surface area contributed by atoms with Gasteiger partial charge in [0.1, 0.15) is 5.54 Å². The van der Waals surface area contributed by atoms with Gasteiger partial charge in [-0.2, -0.15) is 0 Å². The van der Waals surface area contributed by atoms with Gasteiger partial charge in [-0.25, -0.2) is 0 Å². The number of hydrogen-bond donors (Lipinski definition) is 1. The van der Waals surface area contributed by atoms with Crippen molar-refractivity contribution in [3.63, 3.8) is 0 Å². The van der Waals surface area contributed by atoms with E-state index in [9.17, 15) is 19.2 Å². The first-order chi connectivity index (χ1) is 13.7. The summed E-state index contributed by atoms with van der Waals surface area (Å²) in [6.07, 6.45) is -0.0864. The molecule has 0 atom stereocenters. The molecule has 0 saturated heterocycles. The fourth-order valence-corrected chi connectivity index (χ4v) is 3.94. The number of para-hydroxylation sites is 2. The van der Waals surface area contributed by atoms with Gasteiger partial charge in [0.25, 0.3) is 5.91 Å². The molecule has 7 nitrogen and oxygen atoms in total. The van der Waals surface area contributed by atoms with E-state index in [1.165, 1.54) is 16.2 Å². The minimum Gasteiger partial charge on any atom is -0.456 e. The van der Waals surface area contributed by atoms with Crippen molar-refractivity contribution in [3.8, 4) is 0 Å². The lowest BCUT2D eigenvalue weighted by molar-refractivity contribution is -0.148. The number of nitrogens with zero attached hydrogens (tertiary/aromatic N) is 1. The highest BCUT2D eigenvalue weighted by atomic mass is 32.1. The summed E-state index contributed by atoms with van der Waals surface area (Å²) in [5, 5.41) is 2.77. The highest BCUT2D eigenvalue weighted by Crippen LogP contribution is 2.36. The summed E-state index contributed by atoms with van der Waals surface area (Å²) in [6, 6.07) is 10.5. The number of esters is 1. The molecule has 1 aliphatic rings. The Balaban J connectivity index is 1.60. The number of carbonyl (C=O) groups excluding carboxylic acids is 4. The van der Waals surface area contributed by atoms with Crippen LogP contribution in [0.2, 0.25) is 0 Å². The second-order valence-electron chi connectivity index (χ2n) is 7.25. The van der Waals surface area contributed by atoms with Gasteiger partial charge in [0.15, 0.2) is 12.4 Å². The van der Waals surface area contributed by atoms with E-state index in [0.717, 1.165) is 4.88 Å². The zero-order chi connectivity index (χ0) is 21.2. The summed E-state index contributed by atoms with van der Waals surface area (Å²) in [7, 11) is 0. The highest BCUT2D eigenvalue weighted by molar-refractivity contribution is 7.14. The number of rotatable bonds is 6. The number of aryl methyl sites for hydroxylation is 1. The van der Waals surface area contributed by atoms with Gasteiger partial charge < -0.3 is 10.1 Å². The Kier molecular flexibility index (Phi) is 5.83. The molecule has 152 valence electrons. The fourth-order valence-electron chi connectivity index (χ4n) is 3.10. The van der Waals surface area contributed by atoms with Crippen molar-refractivity contribution < 1.29 is 23.9 Å². The monoisotopic (exact) mass is 414 g/mol. The molecule has 2 amide bonds. The van der Waals surface area contributed by atoms with Crippen LogP contribution >= 0.6 is 11.3 Å². The van der Waals surface area contributed by atoms with Gasteiger partial charge in [0.05, 0.1) is 22.7 Å². The van der Waals surface area contributed by atoms with E-state index in [2.05, 4.69) is 5.32 Å². The van der Waals surface area contributed by atoms with Crippen molar-refractivity contribution in [1.29, 1.82) is 0 Å². The number of carbonyl (C=O) groups is 4. The Morgan fingerprint density at radius 1 is 1.10 bits per heavy atom. The molecule has 0 saturated carbocycles. The third kappa shape index (κ3) is 4.37. The second-order valence-corrected chi connectivity index (χ2v) is 8.54. The maximum absolute atomic E-state index is 12.8. The first-order valence-electron chi connectivity index (χ1n) is 9.19. The number of Topliss-reactive ketones (excluding diaryl/α,β-unsaturated/α-hetero) is 1. The summed E-state index contributed by atoms with van der Waals surface area (Å²) in [4.78, 5) is 52.3. The molecular formula is C21H22N2O5S. The van der Waals surface area contributed by atoms with Gasteiger partial charge in [0, 0.05) is 11.3 Å². The van der Waals surface area contributed by atoms with Crippen LogP contribution < -0.4 is 10.2 Å². The fraction of sp³-hybridized carbons (Fsp3) is 0.333. The molecule has 8 heteroatoms. The van der Waals surface area contributed by atoms with E-state index in [4.69, 9.17) is 4.74 Å². The minimum absolute atomic E-state index is 0.0213. The van der Waals surface area contributed by atoms with Crippen LogP contribution in [-0.4, -0.2) is 35.7 Å². The molecule has 0 radical (unpaired) electrons. The zero-order valence-corrected chi connectivity index (χ0v) is 17.3. The van der Waals surface area contributed by atoms with Crippen LogP contribution in [0, 0.1) is 6.92 Å². The third-order valence-corrected chi connectivity index (χ3v) is 5.73. The molecule has 2 heterocycles. The van der Waals surface area contributed by atoms with Gasteiger partial charge in [-0.15, -0.1) is 11.3 Å². The second kappa shape index (κ2) is 8.16. The molecule has 1 aromatic heterocycles. The van der Waals surface area contributed by atoms with Crippen LogP contribution in [0.15, 0.2) is 36.4 Å². The van der Waals surface area contributed by atoms with Crippen LogP contribution in [0.4, 0.5) is 11.4 Å². The molecule has 29 heavy (non-hydrogen) atoms. The standard InChI is InChI=1S/C21H22N2O5S/c1-13-8-10-17(29-13)16(24)9-11-19(26)28-12-18(25)23-15-7-5-4-6-14(15)22-20(27)21(23,2)3/h4-8,10H,9,11-12H2,1-3H3,(H,22,27). The molecule has 3 rings (SSSR count). The molecular weight excluding hydrogens is 392 g/mol. The van der Waals surface area contributed by atoms with Crippen molar-refractivity contribution >= 4 is 46.3 Å². The predicted molar refractivity (Wildman–Crippen MR) is 110 cm³/mol. The SMILES string of the molecule is Cc1ccc(C(=O)CCC(=O)OCC(=O)N2c3ccccc3NC(=O)C2(C)C)s1. The summed E-state index contributed by atoms with van der Waals surface area (Å²) < 4.78 is 5.08. The van der Waals surface area contributed by atoms with Crippen molar-refractivity contribution in [3.05, 3.63) is 46.2 Å². The molecule has 1 N–H and O–H groups in total. The third-order valence-electron chi connectivity index (χ3n) is 4.69. The Hall–Kier alpha value is -3.00. The smallest absolute Gasteiger partial charge is 0.306 e. The summed E-state index contributed by atoms with van der Waals surface area (Å²) >= 11 is 1.38. The van der Waals surface area contributed by atoms with E-state index in [1.54, 1.807) is 44.2 Å². The number of ketones is 1. The lowest BCUT2D eigenvalue weighted by Crippen LogP contribution is -2.59. The Morgan fingerprint density at radius 2 is 1.83 bits per heavy atom. The normalized spacial score (nSPS) is 14.7. The van der Waals surface area contributed by atoms with Crippen LogP contribution in [0.1, 0.15) is 41.2 Å². The zero-order valence-electron chi connectivity index (χ0n) is 16.5. The lowest BCUT2D eigenvalue weighted by atomic mass is 9.96. The molecule has 1 aromatic carbocycles. The topological polar surface area (TPSA) is 92.8 Å². The number of hydrogen-bond acceptors (Lipinski definition) is 6. The quantitative estimate of drug-likeness (QED) is 0.578. The number of nitrogens with one attached hydrogen (secondary N) is 1. The van der Waals surface area contributed by atoms with Crippen LogP contribution in [0.3, 0.4) is 0 Å². The Labute approximate surface area is 172 Å². The number of amides is 2. The number of fused-ring (bicyclic) bond motifs is 1. The number of thiophene rings is 1. The van der Waals surface area contributed by atoms with Crippen molar-refractivity contribution in [2.45, 2.75) is 39.2 Å². The van der Waals surface area contributed by atoms with Crippen LogP contribution in [0.5, 0.6) is 0 Å². The van der Waals surface area contributed by atoms with Crippen molar-refractivity contribution in [2.75, 3.05) is 16.8 Å². The largest absolute Gasteiger partial charge is 0.456 e. The predicted octanol–water partition coefficient (Wildman–Crippen LogP) is 3.33. The molecule has 2 aromatic rings. The summed E-state index contributed by atoms with van der Waals surface area (Å²) in [5.74, 6) is -1.60. The molecule has 0 fully saturated rings. The van der Waals surface area contributed by atoms with E-state index in [0.29, 0.717) is 16.3 Å². The molecule has 0 unspecified atom stereocenters. The summed E-state index contributed by atoms with van der Waals surface area (Å²) in [5.41, 5.74) is -0.0695. The lowest BCUT2D eigenvalue weighted by Gasteiger charge is -2.41. The maximum Gasteiger partial charge on any atom is 0.306 e. The first-order valence-corrected chi connectivity index (χ1v) is 10.0. The van der Waals surface area contributed by atoms with E-state index >= 15 is 0 Å². The number of ether oxygens (including phenoxy) is 1. The number of anilines is 2. The van der Waals surface area contributed by atoms with Crippen molar-refractivity contribution in [2.24, 2.45) is 0 Å². The maximum atomic E-state index is 12.8. The van der Waals surface area contributed by atoms with Gasteiger partial charge in [-0.3, -0.25) is 24.1 Å². The van der Waals surface area contributed by atoms with Gasteiger partial charge in [-0.05, 0) is 45.0 Å². The average Bonchev–Trinajstić information content (AvgIpc) is 3.11. The minimum atomic E-state index is -1.13. The molecule has 0 aliphatic carbocycles. The molecule has 0 spiro atoms. The van der Waals surface area contributed by atoms with Gasteiger partial charge in [0.2, 0.25) is 5.91 Å². The highest BCUT2D eigenvalue weighted by Gasteiger charge is 2.43. The molecule has 1 aliphatic heterocycles.